The van der Waals surface area contributed by atoms with Crippen LogP contribution in [0.4, 0.5) is 0 Å². The molecule has 0 aliphatic heterocycles. The topological polar surface area (TPSA) is 13.1 Å². The second-order valence-electron chi connectivity index (χ2n) is 15.0. The number of fused-ring (bicyclic) bond motifs is 8. The molecule has 0 spiro atoms. The Kier molecular flexibility index (Phi) is 7.63. The maximum Gasteiger partial charge on any atom is 0.136 e. The predicted molar refractivity (Wildman–Crippen MR) is 225 cm³/mol. The van der Waals surface area contributed by atoms with Crippen LogP contribution in [0.5, 0.6) is 0 Å². The summed E-state index contributed by atoms with van der Waals surface area (Å²) in [7, 11) is 0. The normalized spacial score (nSPS) is 15.9. The van der Waals surface area contributed by atoms with E-state index in [4.69, 9.17) is 4.42 Å². The van der Waals surface area contributed by atoms with Crippen LogP contribution in [0.25, 0.3) is 71.0 Å². The maximum absolute atomic E-state index is 6.25. The zero-order chi connectivity index (χ0) is 35.6. The molecule has 52 heavy (non-hydrogen) atoms. The minimum atomic E-state index is -0.111. The number of hydrogen-bond donors (Lipinski definition) is 0. The lowest BCUT2D eigenvalue weighted by Gasteiger charge is -2.24. The van der Waals surface area contributed by atoms with E-state index in [9.17, 15) is 0 Å². The molecule has 9 rings (SSSR count). The van der Waals surface area contributed by atoms with Crippen molar-refractivity contribution in [1.82, 2.24) is 0 Å². The van der Waals surface area contributed by atoms with Gasteiger partial charge in [-0.2, -0.15) is 0 Å². The zero-order valence-electron chi connectivity index (χ0n) is 30.5. The van der Waals surface area contributed by atoms with E-state index in [0.717, 1.165) is 17.6 Å². The van der Waals surface area contributed by atoms with Crippen LogP contribution in [0.15, 0.2) is 162 Å². The molecule has 1 heterocycles. The molecule has 0 radical (unpaired) electrons. The van der Waals surface area contributed by atoms with Gasteiger partial charge in [-0.15, -0.1) is 0 Å². The molecule has 7 aromatic carbocycles. The summed E-state index contributed by atoms with van der Waals surface area (Å²) in [6.07, 6.45) is 10.3. The van der Waals surface area contributed by atoms with Gasteiger partial charge in [0.1, 0.15) is 11.2 Å². The molecule has 0 bridgehead atoms. The molecule has 1 aliphatic carbocycles. The molecule has 0 fully saturated rings. The van der Waals surface area contributed by atoms with E-state index in [1.807, 2.05) is 6.07 Å². The number of benzene rings is 7. The minimum Gasteiger partial charge on any atom is -0.456 e. The van der Waals surface area contributed by atoms with Crippen molar-refractivity contribution in [3.63, 3.8) is 0 Å². The first-order chi connectivity index (χ1) is 25.3. The molecule has 1 aliphatic rings. The van der Waals surface area contributed by atoms with Crippen molar-refractivity contribution in [3.8, 4) is 0 Å². The van der Waals surface area contributed by atoms with Crippen LogP contribution >= 0.6 is 0 Å². The van der Waals surface area contributed by atoms with E-state index in [1.165, 1.54) is 93.2 Å². The minimum absolute atomic E-state index is 0.111. The Morgan fingerprint density at radius 1 is 0.519 bits per heavy atom. The van der Waals surface area contributed by atoms with Crippen molar-refractivity contribution < 1.29 is 4.42 Å². The number of furan rings is 1. The van der Waals surface area contributed by atoms with Crippen LogP contribution in [0, 0.1) is 0 Å². The number of allylic oxidation sites excluding steroid dienone is 8. The molecule has 8 aromatic rings. The highest BCUT2D eigenvalue weighted by Crippen LogP contribution is 2.48. The average molecular weight is 671 g/mol. The van der Waals surface area contributed by atoms with Gasteiger partial charge in [-0.05, 0) is 122 Å². The summed E-state index contributed by atoms with van der Waals surface area (Å²) >= 11 is 0. The SMILES string of the molecule is C/C(=C\C=C(/C)c1c2ccccc2c(/C(C)=C/C=C2\Cc3ccc4cc5oc6ccccc6c5cc4c3C2(C)C)c2ccccc12)c1ccccc1. The monoisotopic (exact) mass is 670 g/mol. The van der Waals surface area contributed by atoms with Crippen molar-refractivity contribution >= 4 is 71.0 Å². The van der Waals surface area contributed by atoms with Crippen LogP contribution in [0.1, 0.15) is 62.4 Å². The van der Waals surface area contributed by atoms with Crippen molar-refractivity contribution in [2.45, 2.75) is 46.5 Å². The van der Waals surface area contributed by atoms with Gasteiger partial charge in [0, 0.05) is 16.2 Å². The molecule has 1 aromatic heterocycles. The lowest BCUT2D eigenvalue weighted by atomic mass is 9.80. The largest absolute Gasteiger partial charge is 0.456 e. The lowest BCUT2D eigenvalue weighted by molar-refractivity contribution is 0.649. The van der Waals surface area contributed by atoms with E-state index >= 15 is 0 Å². The van der Waals surface area contributed by atoms with Gasteiger partial charge in [0.25, 0.3) is 0 Å². The van der Waals surface area contributed by atoms with E-state index < -0.39 is 0 Å². The number of para-hydroxylation sites is 1. The highest BCUT2D eigenvalue weighted by molar-refractivity contribution is 6.16. The van der Waals surface area contributed by atoms with Crippen molar-refractivity contribution in [1.29, 1.82) is 0 Å². The second kappa shape index (κ2) is 12.4. The quantitative estimate of drug-likeness (QED) is 0.131. The molecule has 1 nitrogen and oxygen atoms in total. The van der Waals surface area contributed by atoms with Gasteiger partial charge >= 0.3 is 0 Å². The van der Waals surface area contributed by atoms with E-state index in [2.05, 4.69) is 180 Å². The smallest absolute Gasteiger partial charge is 0.136 e. The Balaban J connectivity index is 1.15. The van der Waals surface area contributed by atoms with Gasteiger partial charge in [0.05, 0.1) is 0 Å². The predicted octanol–water partition coefficient (Wildman–Crippen LogP) is 14.4. The van der Waals surface area contributed by atoms with E-state index in [1.54, 1.807) is 0 Å². The third-order valence-electron chi connectivity index (χ3n) is 11.5. The Bertz CT molecular complexity index is 2790. The Labute approximate surface area is 305 Å². The summed E-state index contributed by atoms with van der Waals surface area (Å²) in [4.78, 5) is 0. The fourth-order valence-electron chi connectivity index (χ4n) is 8.75. The molecule has 0 unspecified atom stereocenters. The average Bonchev–Trinajstić information content (AvgIpc) is 3.66. The summed E-state index contributed by atoms with van der Waals surface area (Å²) < 4.78 is 6.25. The van der Waals surface area contributed by atoms with Crippen LogP contribution in [0.3, 0.4) is 0 Å². The van der Waals surface area contributed by atoms with E-state index in [0.29, 0.717) is 0 Å². The standard InChI is InChI=1S/C51H42O/c1-32(35-15-7-6-8-16-35)23-24-33(2)48-40-18-9-11-20-42(40)49(43-21-12-10-19-41(43)48)34(3)25-28-38-29-37-27-26-36-30-47-45(31-44(36)50(37)51(38,4)5)39-17-13-14-22-46(39)52-47/h6-28,30-31H,29H2,1-5H3/b32-23+,33-24+,34-25+,38-28+. The Hall–Kier alpha value is -5.92. The number of rotatable bonds is 5. The highest BCUT2D eigenvalue weighted by atomic mass is 16.3. The summed E-state index contributed by atoms with van der Waals surface area (Å²) in [5.41, 5.74) is 13.7. The van der Waals surface area contributed by atoms with Crippen molar-refractivity contribution in [2.75, 3.05) is 0 Å². The molecular weight excluding hydrogens is 629 g/mol. The molecule has 0 saturated heterocycles. The lowest BCUT2D eigenvalue weighted by Crippen LogP contribution is -2.15. The van der Waals surface area contributed by atoms with Gasteiger partial charge in [-0.3, -0.25) is 0 Å². The molecule has 0 atom stereocenters. The highest BCUT2D eigenvalue weighted by Gasteiger charge is 2.36. The van der Waals surface area contributed by atoms with E-state index in [-0.39, 0.29) is 5.41 Å². The Morgan fingerprint density at radius 2 is 1.08 bits per heavy atom. The maximum atomic E-state index is 6.25. The molecule has 252 valence electrons. The van der Waals surface area contributed by atoms with Gasteiger partial charge in [-0.25, -0.2) is 0 Å². The van der Waals surface area contributed by atoms with Gasteiger partial charge in [0.15, 0.2) is 0 Å². The second-order valence-corrected chi connectivity index (χ2v) is 15.0. The van der Waals surface area contributed by atoms with Crippen molar-refractivity contribution in [2.24, 2.45) is 0 Å². The first-order valence-electron chi connectivity index (χ1n) is 18.4. The third kappa shape index (κ3) is 5.15. The summed E-state index contributed by atoms with van der Waals surface area (Å²) in [5, 5.41) is 10.1. The van der Waals surface area contributed by atoms with Crippen LogP contribution < -0.4 is 0 Å². The Morgan fingerprint density at radius 3 is 1.73 bits per heavy atom. The first kappa shape index (κ1) is 32.0. The third-order valence-corrected chi connectivity index (χ3v) is 11.5. The van der Waals surface area contributed by atoms with Gasteiger partial charge < -0.3 is 4.42 Å². The van der Waals surface area contributed by atoms with Crippen LogP contribution in [-0.4, -0.2) is 0 Å². The summed E-state index contributed by atoms with van der Waals surface area (Å²) in [6.45, 7) is 11.5. The van der Waals surface area contributed by atoms with Crippen molar-refractivity contribution in [3.05, 3.63) is 185 Å². The molecule has 0 amide bonds. The van der Waals surface area contributed by atoms with Crippen LogP contribution in [-0.2, 0) is 11.8 Å². The zero-order valence-corrected chi connectivity index (χ0v) is 30.5. The summed E-state index contributed by atoms with van der Waals surface area (Å²) in [6, 6.07) is 46.1. The number of hydrogen-bond acceptors (Lipinski definition) is 1. The molecule has 0 N–H and O–H groups in total. The fourth-order valence-corrected chi connectivity index (χ4v) is 8.75. The van der Waals surface area contributed by atoms with Gasteiger partial charge in [-0.1, -0.05) is 153 Å². The molecular formula is C51H42O. The molecule has 0 saturated carbocycles. The molecule has 1 heteroatoms. The van der Waals surface area contributed by atoms with Crippen LogP contribution in [0.2, 0.25) is 0 Å². The summed E-state index contributed by atoms with van der Waals surface area (Å²) in [5.74, 6) is 0. The first-order valence-corrected chi connectivity index (χ1v) is 18.4. The van der Waals surface area contributed by atoms with Gasteiger partial charge in [0.2, 0.25) is 0 Å². The fraction of sp³-hybridized carbons (Fsp3) is 0.137.